The Morgan fingerprint density at radius 1 is 0.348 bits per heavy atom. The van der Waals surface area contributed by atoms with Gasteiger partial charge in [-0.1, -0.05) is 71.1 Å². The molecule has 0 radical (unpaired) electrons. The van der Waals surface area contributed by atoms with Crippen molar-refractivity contribution < 1.29 is 18.9 Å². The van der Waals surface area contributed by atoms with E-state index in [2.05, 4.69) is 194 Å². The van der Waals surface area contributed by atoms with E-state index in [9.17, 15) is 0 Å². The van der Waals surface area contributed by atoms with Gasteiger partial charge in [-0.15, -0.1) is 0 Å². The normalized spacial score (nSPS) is 11.5. The topological polar surface area (TPSA) is 50.0 Å². The Morgan fingerprint density at radius 2 is 0.621 bits per heavy atom. The second-order valence-corrected chi connectivity index (χ2v) is 17.4. The molecule has 0 amide bonds. The van der Waals surface area contributed by atoms with Crippen LogP contribution in [0.1, 0.15) is 84.6 Å². The van der Waals surface area contributed by atoms with E-state index in [1.165, 1.54) is 5.56 Å². The van der Waals surface area contributed by atoms with E-state index in [1.807, 2.05) is 0 Å². The maximum atomic E-state index is 6.21. The molecular weight excluding hydrogens is 815 g/mol. The summed E-state index contributed by atoms with van der Waals surface area (Å²) in [4.78, 5) is 2.34. The smallest absolute Gasteiger partial charge is 0.120 e. The summed E-state index contributed by atoms with van der Waals surface area (Å²) >= 11 is 0. The fourth-order valence-corrected chi connectivity index (χ4v) is 8.86. The maximum absolute atomic E-state index is 6.21. The van der Waals surface area contributed by atoms with Gasteiger partial charge in [0.25, 0.3) is 0 Å². The molecule has 0 N–H and O–H groups in total. The number of ether oxygens (including phenoxy) is 4. The lowest BCUT2D eigenvalue weighted by Crippen LogP contribution is -2.10. The number of benzene rings is 7. The van der Waals surface area contributed by atoms with Gasteiger partial charge in [-0.3, -0.25) is 0 Å². The van der Waals surface area contributed by atoms with Crippen LogP contribution in [0.4, 0.5) is 17.1 Å². The highest BCUT2D eigenvalue weighted by Crippen LogP contribution is 2.41. The van der Waals surface area contributed by atoms with Crippen LogP contribution in [0.5, 0.6) is 23.0 Å². The van der Waals surface area contributed by atoms with Gasteiger partial charge in [0.2, 0.25) is 0 Å². The summed E-state index contributed by atoms with van der Waals surface area (Å²) in [7, 11) is 0. The van der Waals surface area contributed by atoms with Crippen molar-refractivity contribution in [2.45, 2.75) is 86.0 Å². The van der Waals surface area contributed by atoms with E-state index >= 15 is 0 Å². The van der Waals surface area contributed by atoms with Crippen LogP contribution in [0.2, 0.25) is 0 Å². The number of aryl methyl sites for hydroxylation is 1. The molecule has 0 aliphatic rings. The highest BCUT2D eigenvalue weighted by atomic mass is 16.5. The molecule has 0 aliphatic heterocycles. The van der Waals surface area contributed by atoms with Crippen molar-refractivity contribution in [3.8, 4) is 34.4 Å². The molecule has 338 valence electrons. The highest BCUT2D eigenvalue weighted by molar-refractivity contribution is 6.11. The first-order chi connectivity index (χ1) is 32.5. The second-order valence-electron chi connectivity index (χ2n) is 17.4. The molecule has 7 nitrogen and oxygen atoms in total. The molecule has 0 saturated heterocycles. The van der Waals surface area contributed by atoms with Gasteiger partial charge in [0.15, 0.2) is 0 Å². The van der Waals surface area contributed by atoms with Crippen LogP contribution in [-0.4, -0.2) is 35.6 Å². The molecule has 2 aromatic heterocycles. The first-order valence-corrected chi connectivity index (χ1v) is 24.2. The summed E-state index contributed by atoms with van der Waals surface area (Å²) in [5, 5.41) is 4.59. The highest BCUT2D eigenvalue weighted by Gasteiger charge is 2.19. The quantitative estimate of drug-likeness (QED) is 0.0673. The lowest BCUT2D eigenvalue weighted by atomic mass is 10.1. The number of unbranched alkanes of at least 4 members (excludes halogenated alkanes) is 4. The van der Waals surface area contributed by atoms with Crippen LogP contribution >= 0.6 is 0 Å². The van der Waals surface area contributed by atoms with Crippen LogP contribution in [0, 0.1) is 6.92 Å². The number of rotatable bonds is 21. The van der Waals surface area contributed by atoms with Gasteiger partial charge in [0.1, 0.15) is 23.0 Å². The first-order valence-electron chi connectivity index (χ1n) is 24.2. The van der Waals surface area contributed by atoms with E-state index < -0.39 is 0 Å². The van der Waals surface area contributed by atoms with E-state index in [-0.39, 0.29) is 0 Å². The van der Waals surface area contributed by atoms with Gasteiger partial charge in [0, 0.05) is 50.0 Å². The number of hydrogen-bond acceptors (Lipinski definition) is 5. The third-order valence-corrected chi connectivity index (χ3v) is 12.5. The van der Waals surface area contributed by atoms with Crippen LogP contribution < -0.4 is 23.8 Å². The first kappa shape index (κ1) is 44.3. The molecule has 2 heterocycles. The van der Waals surface area contributed by atoms with Crippen molar-refractivity contribution >= 4 is 60.7 Å². The summed E-state index contributed by atoms with van der Waals surface area (Å²) in [5.74, 6) is 3.57. The molecule has 0 atom stereocenters. The average Bonchev–Trinajstić information content (AvgIpc) is 3.84. The van der Waals surface area contributed by atoms with E-state index in [0.717, 1.165) is 146 Å². The number of fused-ring (bicyclic) bond motifs is 6. The molecule has 0 bridgehead atoms. The average molecular weight is 878 g/mol. The molecule has 0 saturated carbocycles. The summed E-state index contributed by atoms with van der Waals surface area (Å²) in [6, 6.07) is 52.6. The zero-order chi connectivity index (χ0) is 45.4. The van der Waals surface area contributed by atoms with Gasteiger partial charge in [-0.05, 0) is 166 Å². The van der Waals surface area contributed by atoms with E-state index in [1.54, 1.807) is 0 Å². The number of nitrogens with zero attached hydrogens (tertiary/aromatic N) is 3. The molecular formula is C59H63N3O4. The van der Waals surface area contributed by atoms with Crippen molar-refractivity contribution in [1.29, 1.82) is 0 Å². The summed E-state index contributed by atoms with van der Waals surface area (Å²) < 4.78 is 29.6. The second kappa shape index (κ2) is 20.5. The van der Waals surface area contributed by atoms with Gasteiger partial charge in [0.05, 0.1) is 48.5 Å². The minimum Gasteiger partial charge on any atom is -0.494 e. The van der Waals surface area contributed by atoms with Crippen LogP contribution in [0.25, 0.3) is 55.0 Å². The van der Waals surface area contributed by atoms with Gasteiger partial charge in [-0.2, -0.15) is 0 Å². The molecule has 0 fully saturated rings. The van der Waals surface area contributed by atoms with Crippen LogP contribution in [0.15, 0.2) is 146 Å². The van der Waals surface area contributed by atoms with Crippen LogP contribution in [0.3, 0.4) is 0 Å². The predicted octanol–water partition coefficient (Wildman–Crippen LogP) is 16.4. The number of anilines is 3. The molecule has 7 aromatic carbocycles. The van der Waals surface area contributed by atoms with Gasteiger partial charge < -0.3 is 33.0 Å². The Bertz CT molecular complexity index is 2720. The third kappa shape index (κ3) is 9.30. The van der Waals surface area contributed by atoms with Crippen molar-refractivity contribution in [3.63, 3.8) is 0 Å². The van der Waals surface area contributed by atoms with E-state index in [0.29, 0.717) is 26.4 Å². The minimum absolute atomic E-state index is 0.708. The molecule has 7 heteroatoms. The monoisotopic (exact) mass is 877 g/mol. The Hall–Kier alpha value is -6.86. The Kier molecular flexibility index (Phi) is 13.8. The number of hydrogen-bond donors (Lipinski definition) is 0. The van der Waals surface area contributed by atoms with Crippen molar-refractivity contribution in [1.82, 2.24) is 9.13 Å². The standard InChI is InChI=1S/C59H63N3O4/c1-6-10-34-63-48-26-30-56-52(38-48)53-39-49(64-35-11-7-2)27-31-57(53)61(56)46-22-18-44(19-23-46)60(43-16-14-42(5)15-17-43)45-20-24-47(25-21-45)62-58-32-28-50(65-36-12-8-3)40-54(58)55-41-51(29-33-59(55)62)66-37-13-9-4/h14-33,38-41H,6-13,34-37H2,1-5H3. The SMILES string of the molecule is CCCCOc1ccc2c(c1)c1cc(OCCCC)ccc1n2-c1ccc(N(c2ccc(C)cc2)c2ccc(-n3c4ccc(OCCCC)cc4c4cc(OCCCC)ccc43)cc2)cc1. The summed E-state index contributed by atoms with van der Waals surface area (Å²) in [6.07, 6.45) is 8.49. The van der Waals surface area contributed by atoms with Gasteiger partial charge in [-0.25, -0.2) is 0 Å². The fraction of sp³-hybridized carbons (Fsp3) is 0.288. The Labute approximate surface area is 390 Å². The number of aromatic nitrogens is 2. The molecule has 0 spiro atoms. The largest absolute Gasteiger partial charge is 0.494 e. The van der Waals surface area contributed by atoms with E-state index in [4.69, 9.17) is 18.9 Å². The minimum atomic E-state index is 0.708. The van der Waals surface area contributed by atoms with Crippen molar-refractivity contribution in [2.24, 2.45) is 0 Å². The fourth-order valence-electron chi connectivity index (χ4n) is 8.86. The Morgan fingerprint density at radius 3 is 0.894 bits per heavy atom. The lowest BCUT2D eigenvalue weighted by Gasteiger charge is -2.26. The molecule has 0 unspecified atom stereocenters. The van der Waals surface area contributed by atoms with Crippen molar-refractivity contribution in [2.75, 3.05) is 31.3 Å². The molecule has 0 aliphatic carbocycles. The zero-order valence-corrected chi connectivity index (χ0v) is 39.3. The molecule has 9 aromatic rings. The zero-order valence-electron chi connectivity index (χ0n) is 39.3. The Balaban J connectivity index is 1.09. The summed E-state index contributed by atoms with van der Waals surface area (Å²) in [6.45, 7) is 13.7. The molecule has 9 rings (SSSR count). The third-order valence-electron chi connectivity index (χ3n) is 12.5. The summed E-state index contributed by atoms with van der Waals surface area (Å²) in [5.41, 5.74) is 11.1. The van der Waals surface area contributed by atoms with Crippen LogP contribution in [-0.2, 0) is 0 Å². The lowest BCUT2D eigenvalue weighted by molar-refractivity contribution is 0.309. The predicted molar refractivity (Wildman–Crippen MR) is 276 cm³/mol. The molecule has 66 heavy (non-hydrogen) atoms. The van der Waals surface area contributed by atoms with Crippen molar-refractivity contribution in [3.05, 3.63) is 151 Å². The van der Waals surface area contributed by atoms with Gasteiger partial charge >= 0.3 is 0 Å². The maximum Gasteiger partial charge on any atom is 0.120 e.